The number of aryl methyl sites for hydroxylation is 3. The maximum Gasteiger partial charge on any atom is 0.325 e. The second-order valence-electron chi connectivity index (χ2n) is 6.39. The number of amides is 1. The number of hydrogen-bond acceptors (Lipinski definition) is 5. The fourth-order valence-electron chi connectivity index (χ4n) is 2.60. The lowest BCUT2D eigenvalue weighted by Crippen LogP contribution is -2.30. The smallest absolute Gasteiger partial charge is 0.325 e. The topological polar surface area (TPSA) is 81.2 Å². The Morgan fingerprint density at radius 1 is 0.963 bits per heavy atom. The van der Waals surface area contributed by atoms with Crippen LogP contribution < -0.4 is 5.32 Å². The van der Waals surface area contributed by atoms with E-state index in [1.165, 1.54) is 0 Å². The Balaban J connectivity index is 1.56. The highest BCUT2D eigenvalue weighted by Gasteiger charge is 2.12. The van der Waals surface area contributed by atoms with Gasteiger partial charge in [0.05, 0.1) is 22.4 Å². The summed E-state index contributed by atoms with van der Waals surface area (Å²) >= 11 is 0. The van der Waals surface area contributed by atoms with E-state index in [-0.39, 0.29) is 19.1 Å². The van der Waals surface area contributed by atoms with Gasteiger partial charge in [-0.3, -0.25) is 9.59 Å². The molecule has 2 aromatic carbocycles. The predicted molar refractivity (Wildman–Crippen MR) is 102 cm³/mol. The normalized spacial score (nSPS) is 10.6. The van der Waals surface area contributed by atoms with E-state index in [1.807, 2.05) is 51.1 Å². The number of esters is 1. The molecule has 6 nitrogen and oxygen atoms in total. The molecule has 1 heterocycles. The Kier molecular flexibility index (Phi) is 5.45. The van der Waals surface area contributed by atoms with Gasteiger partial charge in [0.1, 0.15) is 13.2 Å². The monoisotopic (exact) mass is 363 g/mol. The van der Waals surface area contributed by atoms with Gasteiger partial charge >= 0.3 is 5.97 Å². The molecule has 1 N–H and O–H groups in total. The quantitative estimate of drug-likeness (QED) is 0.705. The van der Waals surface area contributed by atoms with E-state index < -0.39 is 5.97 Å². The third-order valence-corrected chi connectivity index (χ3v) is 4.38. The number of rotatable bonds is 5. The molecule has 0 aliphatic rings. The minimum Gasteiger partial charge on any atom is -0.458 e. The van der Waals surface area contributed by atoms with Crippen molar-refractivity contribution in [1.29, 1.82) is 0 Å². The summed E-state index contributed by atoms with van der Waals surface area (Å²) in [6, 6.07) is 12.9. The van der Waals surface area contributed by atoms with Crippen molar-refractivity contribution in [2.24, 2.45) is 0 Å². The number of benzene rings is 2. The second-order valence-corrected chi connectivity index (χ2v) is 6.39. The van der Waals surface area contributed by atoms with E-state index in [0.29, 0.717) is 17.0 Å². The van der Waals surface area contributed by atoms with Crippen LogP contribution in [-0.2, 0) is 16.1 Å². The summed E-state index contributed by atoms with van der Waals surface area (Å²) in [4.78, 5) is 33.0. The van der Waals surface area contributed by atoms with Gasteiger partial charge in [0.2, 0.25) is 0 Å². The summed E-state index contributed by atoms with van der Waals surface area (Å²) in [7, 11) is 0. The van der Waals surface area contributed by atoms with Crippen LogP contribution in [0.1, 0.15) is 32.9 Å². The Morgan fingerprint density at radius 3 is 2.37 bits per heavy atom. The van der Waals surface area contributed by atoms with Gasteiger partial charge in [0.15, 0.2) is 0 Å². The molecular weight excluding hydrogens is 342 g/mol. The number of carbonyl (C=O) groups is 2. The highest BCUT2D eigenvalue weighted by Crippen LogP contribution is 2.13. The summed E-state index contributed by atoms with van der Waals surface area (Å²) in [5, 5.41) is 2.58. The van der Waals surface area contributed by atoms with Crippen LogP contribution in [0.5, 0.6) is 0 Å². The zero-order valence-electron chi connectivity index (χ0n) is 15.6. The van der Waals surface area contributed by atoms with E-state index in [1.54, 1.807) is 12.1 Å². The number of ether oxygens (including phenoxy) is 1. The molecule has 0 radical (unpaired) electrons. The SMILES string of the molecule is Cc1ccc(C(=O)NCC(=O)OCc2nc3ccccc3nc2C)cc1C. The van der Waals surface area contributed by atoms with E-state index in [4.69, 9.17) is 4.74 Å². The third kappa shape index (κ3) is 4.47. The highest BCUT2D eigenvalue weighted by molar-refractivity contribution is 5.96. The Bertz CT molecular complexity index is 1010. The Morgan fingerprint density at radius 2 is 1.67 bits per heavy atom. The Hall–Kier alpha value is -3.28. The van der Waals surface area contributed by atoms with E-state index >= 15 is 0 Å². The molecule has 27 heavy (non-hydrogen) atoms. The van der Waals surface area contributed by atoms with Crippen molar-refractivity contribution in [3.8, 4) is 0 Å². The molecule has 6 heteroatoms. The van der Waals surface area contributed by atoms with Crippen molar-refractivity contribution < 1.29 is 14.3 Å². The molecule has 3 rings (SSSR count). The standard InChI is InChI=1S/C21H21N3O3/c1-13-8-9-16(10-14(13)2)21(26)22-11-20(25)27-12-19-15(3)23-17-6-4-5-7-18(17)24-19/h4-10H,11-12H2,1-3H3,(H,22,26). The van der Waals surface area contributed by atoms with Crippen LogP contribution in [0.15, 0.2) is 42.5 Å². The first-order valence-corrected chi connectivity index (χ1v) is 8.67. The summed E-state index contributed by atoms with van der Waals surface area (Å²) in [5.74, 6) is -0.835. The van der Waals surface area contributed by atoms with Crippen molar-refractivity contribution in [3.05, 3.63) is 70.5 Å². The lowest BCUT2D eigenvalue weighted by atomic mass is 10.1. The van der Waals surface area contributed by atoms with E-state index in [0.717, 1.165) is 22.2 Å². The molecule has 1 aromatic heterocycles. The average Bonchev–Trinajstić information content (AvgIpc) is 2.66. The van der Waals surface area contributed by atoms with Crippen LogP contribution in [0.3, 0.4) is 0 Å². The van der Waals surface area contributed by atoms with Crippen molar-refractivity contribution >= 4 is 22.9 Å². The van der Waals surface area contributed by atoms with Crippen molar-refractivity contribution in [2.45, 2.75) is 27.4 Å². The maximum atomic E-state index is 12.1. The molecule has 0 atom stereocenters. The lowest BCUT2D eigenvalue weighted by molar-refractivity contribution is -0.143. The average molecular weight is 363 g/mol. The number of aromatic nitrogens is 2. The van der Waals surface area contributed by atoms with Crippen LogP contribution in [0.2, 0.25) is 0 Å². The molecule has 0 aliphatic heterocycles. The fourth-order valence-corrected chi connectivity index (χ4v) is 2.60. The number of nitrogens with zero attached hydrogens (tertiary/aromatic N) is 2. The minimum absolute atomic E-state index is 0.0159. The van der Waals surface area contributed by atoms with Gasteiger partial charge < -0.3 is 10.1 Å². The van der Waals surface area contributed by atoms with Gasteiger partial charge in [-0.25, -0.2) is 9.97 Å². The first kappa shape index (κ1) is 18.5. The number of fused-ring (bicyclic) bond motifs is 1. The van der Waals surface area contributed by atoms with Crippen LogP contribution in [0.25, 0.3) is 11.0 Å². The largest absolute Gasteiger partial charge is 0.458 e. The first-order chi connectivity index (χ1) is 12.9. The van der Waals surface area contributed by atoms with Gasteiger partial charge in [-0.2, -0.15) is 0 Å². The molecule has 0 fully saturated rings. The zero-order valence-corrected chi connectivity index (χ0v) is 15.6. The number of carbonyl (C=O) groups excluding carboxylic acids is 2. The third-order valence-electron chi connectivity index (χ3n) is 4.38. The van der Waals surface area contributed by atoms with Crippen LogP contribution in [0.4, 0.5) is 0 Å². The molecule has 138 valence electrons. The number of para-hydroxylation sites is 2. The van der Waals surface area contributed by atoms with Crippen molar-refractivity contribution in [1.82, 2.24) is 15.3 Å². The molecule has 0 saturated carbocycles. The molecule has 0 bridgehead atoms. The summed E-state index contributed by atoms with van der Waals surface area (Å²) in [6.45, 7) is 5.55. The minimum atomic E-state index is -0.526. The summed E-state index contributed by atoms with van der Waals surface area (Å²) in [5.41, 5.74) is 5.50. The lowest BCUT2D eigenvalue weighted by Gasteiger charge is -2.09. The molecule has 3 aromatic rings. The van der Waals surface area contributed by atoms with E-state index in [9.17, 15) is 9.59 Å². The predicted octanol–water partition coefficient (Wildman–Crippen LogP) is 3.03. The number of hydrogen-bond donors (Lipinski definition) is 1. The molecule has 0 saturated heterocycles. The number of nitrogens with one attached hydrogen (secondary N) is 1. The maximum absolute atomic E-state index is 12.1. The summed E-state index contributed by atoms with van der Waals surface area (Å²) in [6.07, 6.45) is 0. The van der Waals surface area contributed by atoms with Crippen molar-refractivity contribution in [3.63, 3.8) is 0 Å². The van der Waals surface area contributed by atoms with Crippen molar-refractivity contribution in [2.75, 3.05) is 6.54 Å². The Labute approximate surface area is 157 Å². The van der Waals surface area contributed by atoms with E-state index in [2.05, 4.69) is 15.3 Å². The van der Waals surface area contributed by atoms with Crippen LogP contribution >= 0.6 is 0 Å². The van der Waals surface area contributed by atoms with Gasteiger partial charge in [-0.15, -0.1) is 0 Å². The fraction of sp³-hybridized carbons (Fsp3) is 0.238. The summed E-state index contributed by atoms with van der Waals surface area (Å²) < 4.78 is 5.23. The molecule has 0 aliphatic carbocycles. The molecule has 0 unspecified atom stereocenters. The molecular formula is C21H21N3O3. The van der Waals surface area contributed by atoms with Gasteiger partial charge in [-0.05, 0) is 56.2 Å². The zero-order chi connectivity index (χ0) is 19.4. The molecule has 1 amide bonds. The van der Waals surface area contributed by atoms with Crippen LogP contribution in [-0.4, -0.2) is 28.4 Å². The van der Waals surface area contributed by atoms with Gasteiger partial charge in [0.25, 0.3) is 5.91 Å². The molecule has 0 spiro atoms. The first-order valence-electron chi connectivity index (χ1n) is 8.67. The second kappa shape index (κ2) is 7.95. The van der Waals surface area contributed by atoms with Gasteiger partial charge in [0, 0.05) is 5.56 Å². The van der Waals surface area contributed by atoms with Crippen LogP contribution in [0, 0.1) is 20.8 Å². The highest BCUT2D eigenvalue weighted by atomic mass is 16.5. The van der Waals surface area contributed by atoms with Gasteiger partial charge in [-0.1, -0.05) is 18.2 Å².